The molecule has 0 bridgehead atoms. The van der Waals surface area contributed by atoms with Gasteiger partial charge in [-0.15, -0.1) is 11.3 Å². The highest BCUT2D eigenvalue weighted by Gasteiger charge is 2.18. The van der Waals surface area contributed by atoms with Crippen molar-refractivity contribution in [1.82, 2.24) is 4.98 Å². The van der Waals surface area contributed by atoms with Crippen LogP contribution in [0.3, 0.4) is 0 Å². The van der Waals surface area contributed by atoms with Gasteiger partial charge in [0.2, 0.25) is 0 Å². The van der Waals surface area contributed by atoms with Crippen LogP contribution >= 0.6 is 11.3 Å². The SMILES string of the molecule is CC=Nc1cc(C)c(Cc2nc(-c3ccc4c(c3)CC(C)C4)cs2)cc1C. The smallest absolute Gasteiger partial charge is 0.0976 e. The van der Waals surface area contributed by atoms with E-state index >= 15 is 0 Å². The van der Waals surface area contributed by atoms with Gasteiger partial charge in [0.05, 0.1) is 16.4 Å². The van der Waals surface area contributed by atoms with E-state index in [0.29, 0.717) is 0 Å². The summed E-state index contributed by atoms with van der Waals surface area (Å²) < 4.78 is 0. The van der Waals surface area contributed by atoms with Gasteiger partial charge >= 0.3 is 0 Å². The second-order valence-corrected chi connectivity index (χ2v) is 8.70. The molecule has 1 heterocycles. The van der Waals surface area contributed by atoms with Crippen LogP contribution in [0.25, 0.3) is 11.3 Å². The topological polar surface area (TPSA) is 25.2 Å². The molecule has 138 valence electrons. The maximum atomic E-state index is 4.94. The van der Waals surface area contributed by atoms with Crippen LogP contribution in [0.4, 0.5) is 5.69 Å². The number of nitrogens with zero attached hydrogens (tertiary/aromatic N) is 2. The highest BCUT2D eigenvalue weighted by Crippen LogP contribution is 2.32. The highest BCUT2D eigenvalue weighted by molar-refractivity contribution is 7.10. The summed E-state index contributed by atoms with van der Waals surface area (Å²) in [6, 6.07) is 11.3. The van der Waals surface area contributed by atoms with Crippen molar-refractivity contribution in [3.63, 3.8) is 0 Å². The lowest BCUT2D eigenvalue weighted by Gasteiger charge is -2.08. The molecular formula is C24H26N2S. The van der Waals surface area contributed by atoms with E-state index in [1.807, 2.05) is 13.1 Å². The van der Waals surface area contributed by atoms with Gasteiger partial charge in [-0.1, -0.05) is 25.1 Å². The van der Waals surface area contributed by atoms with Crippen molar-refractivity contribution >= 4 is 23.2 Å². The highest BCUT2D eigenvalue weighted by atomic mass is 32.1. The summed E-state index contributed by atoms with van der Waals surface area (Å²) in [5, 5.41) is 3.38. The van der Waals surface area contributed by atoms with Crippen LogP contribution in [0.1, 0.15) is 46.7 Å². The fraction of sp³-hybridized carbons (Fsp3) is 0.333. The number of rotatable bonds is 4. The number of aliphatic imine (C=N–C) groups is 1. The van der Waals surface area contributed by atoms with E-state index < -0.39 is 0 Å². The van der Waals surface area contributed by atoms with E-state index in [1.165, 1.54) is 51.2 Å². The van der Waals surface area contributed by atoms with Crippen molar-refractivity contribution < 1.29 is 0 Å². The molecule has 27 heavy (non-hydrogen) atoms. The first-order valence-electron chi connectivity index (χ1n) is 9.69. The molecule has 1 aliphatic rings. The molecular weight excluding hydrogens is 348 g/mol. The number of thiazole rings is 1. The van der Waals surface area contributed by atoms with E-state index in [1.54, 1.807) is 11.3 Å². The number of fused-ring (bicyclic) bond motifs is 1. The van der Waals surface area contributed by atoms with Crippen LogP contribution in [0.2, 0.25) is 0 Å². The van der Waals surface area contributed by atoms with Gasteiger partial charge in [-0.25, -0.2) is 4.98 Å². The van der Waals surface area contributed by atoms with Gasteiger partial charge in [0.15, 0.2) is 0 Å². The van der Waals surface area contributed by atoms with Crippen molar-refractivity contribution in [3.8, 4) is 11.3 Å². The van der Waals surface area contributed by atoms with Gasteiger partial charge in [0, 0.05) is 23.6 Å². The van der Waals surface area contributed by atoms with Crippen LogP contribution in [-0.2, 0) is 19.3 Å². The number of aryl methyl sites for hydroxylation is 2. The van der Waals surface area contributed by atoms with E-state index in [9.17, 15) is 0 Å². The molecule has 1 aliphatic carbocycles. The molecule has 2 aromatic carbocycles. The second kappa shape index (κ2) is 7.40. The molecule has 3 heteroatoms. The van der Waals surface area contributed by atoms with Crippen molar-refractivity contribution in [1.29, 1.82) is 0 Å². The molecule has 0 spiro atoms. The number of aromatic nitrogens is 1. The van der Waals surface area contributed by atoms with Crippen LogP contribution < -0.4 is 0 Å². The van der Waals surface area contributed by atoms with Gasteiger partial charge in [0.1, 0.15) is 0 Å². The normalized spacial score (nSPS) is 16.2. The molecule has 0 saturated heterocycles. The maximum absolute atomic E-state index is 4.94. The molecule has 3 aromatic rings. The molecule has 0 amide bonds. The third-order valence-electron chi connectivity index (χ3n) is 5.45. The summed E-state index contributed by atoms with van der Waals surface area (Å²) >= 11 is 1.76. The van der Waals surface area contributed by atoms with Gasteiger partial charge in [-0.2, -0.15) is 0 Å². The zero-order valence-corrected chi connectivity index (χ0v) is 17.4. The second-order valence-electron chi connectivity index (χ2n) is 7.75. The first kappa shape index (κ1) is 18.1. The van der Waals surface area contributed by atoms with Crippen LogP contribution in [0.15, 0.2) is 40.7 Å². The molecule has 4 rings (SSSR count). The third-order valence-corrected chi connectivity index (χ3v) is 6.30. The monoisotopic (exact) mass is 374 g/mol. The first-order valence-corrected chi connectivity index (χ1v) is 10.6. The Bertz CT molecular complexity index is 1010. The Morgan fingerprint density at radius 1 is 1.11 bits per heavy atom. The fourth-order valence-corrected chi connectivity index (χ4v) is 4.84. The average molecular weight is 375 g/mol. The van der Waals surface area contributed by atoms with Gasteiger partial charge < -0.3 is 0 Å². The molecule has 1 unspecified atom stereocenters. The minimum Gasteiger partial charge on any atom is -0.261 e. The quantitative estimate of drug-likeness (QED) is 0.480. The van der Waals surface area contributed by atoms with Gasteiger partial charge in [-0.3, -0.25) is 4.99 Å². The molecule has 0 saturated carbocycles. The molecule has 0 radical (unpaired) electrons. The molecule has 2 nitrogen and oxygen atoms in total. The summed E-state index contributed by atoms with van der Waals surface area (Å²) in [7, 11) is 0. The van der Waals surface area contributed by atoms with Crippen LogP contribution in [0.5, 0.6) is 0 Å². The number of hydrogen-bond acceptors (Lipinski definition) is 3. The Kier molecular flexibility index (Phi) is 4.96. The van der Waals surface area contributed by atoms with Gasteiger partial charge in [-0.05, 0) is 79.5 Å². The van der Waals surface area contributed by atoms with Crippen LogP contribution in [-0.4, -0.2) is 11.2 Å². The summed E-state index contributed by atoms with van der Waals surface area (Å²) in [5.41, 5.74) is 10.3. The van der Waals surface area contributed by atoms with E-state index in [4.69, 9.17) is 4.98 Å². The van der Waals surface area contributed by atoms with Crippen molar-refractivity contribution in [2.75, 3.05) is 0 Å². The summed E-state index contributed by atoms with van der Waals surface area (Å²) in [4.78, 5) is 9.39. The Balaban J connectivity index is 1.57. The minimum atomic E-state index is 0.771. The Labute approximate surface area is 166 Å². The Morgan fingerprint density at radius 2 is 1.93 bits per heavy atom. The standard InChI is InChI=1S/C24H26N2S/c1-5-25-22-11-16(3)20(10-17(22)4)13-24-26-23(14-27-24)19-7-6-18-8-15(2)9-21(18)12-19/h5-7,10-12,14-15H,8-9,13H2,1-4H3. The largest absolute Gasteiger partial charge is 0.261 e. The lowest BCUT2D eigenvalue weighted by atomic mass is 10.0. The molecule has 0 aliphatic heterocycles. The third kappa shape index (κ3) is 3.74. The predicted octanol–water partition coefficient (Wildman–Crippen LogP) is 6.47. The molecule has 1 aromatic heterocycles. The summed E-state index contributed by atoms with van der Waals surface area (Å²) in [6.45, 7) is 8.59. The minimum absolute atomic E-state index is 0.771. The molecule has 0 fully saturated rings. The van der Waals surface area contributed by atoms with E-state index in [-0.39, 0.29) is 0 Å². The molecule has 0 N–H and O–H groups in total. The van der Waals surface area contributed by atoms with Crippen molar-refractivity contribution in [2.45, 2.75) is 47.0 Å². The Morgan fingerprint density at radius 3 is 2.74 bits per heavy atom. The van der Waals surface area contributed by atoms with Crippen molar-refractivity contribution in [2.24, 2.45) is 10.9 Å². The summed E-state index contributed by atoms with van der Waals surface area (Å²) in [5.74, 6) is 0.771. The number of hydrogen-bond donors (Lipinski definition) is 0. The number of benzene rings is 2. The lowest BCUT2D eigenvalue weighted by molar-refractivity contribution is 0.628. The zero-order valence-electron chi connectivity index (χ0n) is 16.5. The van der Waals surface area contributed by atoms with Crippen molar-refractivity contribution in [3.05, 3.63) is 68.5 Å². The molecule has 1 atom stereocenters. The predicted molar refractivity (Wildman–Crippen MR) is 117 cm³/mol. The van der Waals surface area contributed by atoms with Crippen LogP contribution in [0, 0.1) is 19.8 Å². The maximum Gasteiger partial charge on any atom is 0.0976 e. The summed E-state index contributed by atoms with van der Waals surface area (Å²) in [6.07, 6.45) is 5.15. The first-order chi connectivity index (χ1) is 13.0. The van der Waals surface area contributed by atoms with E-state index in [0.717, 1.165) is 23.7 Å². The van der Waals surface area contributed by atoms with E-state index in [2.05, 4.69) is 61.5 Å². The Hall–Kier alpha value is -2.26. The van der Waals surface area contributed by atoms with Gasteiger partial charge in [0.25, 0.3) is 0 Å². The fourth-order valence-electron chi connectivity index (χ4n) is 4.01. The average Bonchev–Trinajstić information content (AvgIpc) is 3.24. The lowest BCUT2D eigenvalue weighted by Crippen LogP contribution is -1.93. The zero-order chi connectivity index (χ0) is 19.0.